The normalized spacial score (nSPS) is 29.8. The highest BCUT2D eigenvalue weighted by Gasteiger charge is 2.39. The summed E-state index contributed by atoms with van der Waals surface area (Å²) in [6.45, 7) is 6.41. The first kappa shape index (κ1) is 19.5. The Morgan fingerprint density at radius 2 is 2.00 bits per heavy atom. The standard InChI is InChI=1S/C25H31N3O3/c1-30-22-4-2-3-17(8-22)10-26-11-18-7-20(13-26)24-6-5-19(25(29)28(24)12-18)14-27-15-23-9-21(27)16-31-23/h2-6,8,18,20-21,23H,7,9-16H2,1H3/t18-,20+,21+,23+/m0/s1. The van der Waals surface area contributed by atoms with Crippen molar-refractivity contribution in [3.63, 3.8) is 0 Å². The predicted octanol–water partition coefficient (Wildman–Crippen LogP) is 2.45. The van der Waals surface area contributed by atoms with E-state index >= 15 is 0 Å². The third-order valence-electron chi connectivity index (χ3n) is 7.69. The van der Waals surface area contributed by atoms with Gasteiger partial charge in [0.15, 0.2) is 0 Å². The van der Waals surface area contributed by atoms with Crippen LogP contribution in [-0.4, -0.2) is 59.9 Å². The van der Waals surface area contributed by atoms with E-state index in [9.17, 15) is 4.79 Å². The van der Waals surface area contributed by atoms with E-state index in [0.717, 1.165) is 63.6 Å². The number of likely N-dealkylation sites (tertiary alicyclic amines) is 2. The molecule has 3 fully saturated rings. The second-order valence-electron chi connectivity index (χ2n) is 9.82. The molecule has 0 amide bonds. The third kappa shape index (κ3) is 3.60. The monoisotopic (exact) mass is 421 g/mol. The molecule has 2 aromatic rings. The minimum atomic E-state index is 0.233. The average molecular weight is 422 g/mol. The molecule has 6 heteroatoms. The Morgan fingerprint density at radius 3 is 2.81 bits per heavy atom. The Kier molecular flexibility index (Phi) is 4.89. The summed E-state index contributed by atoms with van der Waals surface area (Å²) in [5.74, 6) is 1.90. The summed E-state index contributed by atoms with van der Waals surface area (Å²) in [5.41, 5.74) is 3.70. The molecule has 0 radical (unpaired) electrons. The van der Waals surface area contributed by atoms with Crippen LogP contribution in [0.5, 0.6) is 5.75 Å². The first-order valence-electron chi connectivity index (χ1n) is 11.6. The number of morpholine rings is 1. The Hall–Kier alpha value is -2.15. The second kappa shape index (κ2) is 7.76. The Labute approximate surface area is 183 Å². The maximum atomic E-state index is 13.4. The molecule has 1 aromatic carbocycles. The number of rotatable bonds is 5. The minimum Gasteiger partial charge on any atom is -0.497 e. The van der Waals surface area contributed by atoms with E-state index in [1.807, 2.05) is 6.07 Å². The smallest absolute Gasteiger partial charge is 0.255 e. The maximum absolute atomic E-state index is 13.4. The van der Waals surface area contributed by atoms with Gasteiger partial charge in [0, 0.05) is 62.5 Å². The van der Waals surface area contributed by atoms with Gasteiger partial charge in [0.25, 0.3) is 5.56 Å². The van der Waals surface area contributed by atoms with Crippen molar-refractivity contribution < 1.29 is 9.47 Å². The molecule has 0 N–H and O–H groups in total. The van der Waals surface area contributed by atoms with Crippen molar-refractivity contribution >= 4 is 0 Å². The van der Waals surface area contributed by atoms with Crippen LogP contribution in [-0.2, 0) is 24.4 Å². The largest absolute Gasteiger partial charge is 0.497 e. The molecular weight excluding hydrogens is 390 g/mol. The fraction of sp³-hybridized carbons (Fsp3) is 0.560. The van der Waals surface area contributed by atoms with E-state index in [1.165, 1.54) is 17.7 Å². The quantitative estimate of drug-likeness (QED) is 0.742. The molecule has 4 aliphatic rings. The van der Waals surface area contributed by atoms with Gasteiger partial charge in [-0.25, -0.2) is 0 Å². The van der Waals surface area contributed by atoms with Gasteiger partial charge in [-0.1, -0.05) is 18.2 Å². The highest BCUT2D eigenvalue weighted by atomic mass is 16.5. The number of piperidine rings is 1. The van der Waals surface area contributed by atoms with Gasteiger partial charge in [-0.2, -0.15) is 0 Å². The maximum Gasteiger partial charge on any atom is 0.255 e. The molecule has 0 aliphatic carbocycles. The van der Waals surface area contributed by atoms with Crippen LogP contribution in [0.1, 0.15) is 35.6 Å². The Bertz CT molecular complexity index is 1030. The molecule has 0 unspecified atom stereocenters. The Balaban J connectivity index is 1.19. The van der Waals surface area contributed by atoms with E-state index in [1.54, 1.807) is 7.11 Å². The molecule has 4 aliphatic heterocycles. The zero-order valence-electron chi connectivity index (χ0n) is 18.2. The number of pyridine rings is 1. The van der Waals surface area contributed by atoms with Gasteiger partial charge in [0.05, 0.1) is 19.8 Å². The van der Waals surface area contributed by atoms with Gasteiger partial charge in [0.1, 0.15) is 5.75 Å². The summed E-state index contributed by atoms with van der Waals surface area (Å²) < 4.78 is 13.2. The molecular formula is C25H31N3O3. The molecule has 5 heterocycles. The number of fused-ring (bicyclic) bond motifs is 6. The van der Waals surface area contributed by atoms with Gasteiger partial charge in [-0.15, -0.1) is 0 Å². The fourth-order valence-corrected chi connectivity index (χ4v) is 6.26. The van der Waals surface area contributed by atoms with E-state index < -0.39 is 0 Å². The zero-order valence-corrected chi connectivity index (χ0v) is 18.2. The lowest BCUT2D eigenvalue weighted by Gasteiger charge is -2.43. The van der Waals surface area contributed by atoms with Crippen LogP contribution in [0.2, 0.25) is 0 Å². The summed E-state index contributed by atoms with van der Waals surface area (Å²) in [5, 5.41) is 0. The van der Waals surface area contributed by atoms with Gasteiger partial charge in [-0.05, 0) is 42.5 Å². The molecule has 6 nitrogen and oxygen atoms in total. The molecule has 1 aromatic heterocycles. The summed E-state index contributed by atoms with van der Waals surface area (Å²) in [7, 11) is 1.72. The number of ether oxygens (including phenoxy) is 2. The van der Waals surface area contributed by atoms with E-state index in [4.69, 9.17) is 9.47 Å². The number of nitrogens with zero attached hydrogens (tertiary/aromatic N) is 3. The van der Waals surface area contributed by atoms with Crippen molar-refractivity contribution in [1.29, 1.82) is 0 Å². The second-order valence-corrected chi connectivity index (χ2v) is 9.82. The van der Waals surface area contributed by atoms with Crippen LogP contribution in [0.15, 0.2) is 41.2 Å². The fourth-order valence-electron chi connectivity index (χ4n) is 6.26. The molecule has 4 bridgehead atoms. The van der Waals surface area contributed by atoms with Crippen LogP contribution in [0.4, 0.5) is 0 Å². The van der Waals surface area contributed by atoms with Gasteiger partial charge < -0.3 is 14.0 Å². The van der Waals surface area contributed by atoms with Crippen molar-refractivity contribution in [2.45, 2.75) is 50.5 Å². The van der Waals surface area contributed by atoms with Crippen LogP contribution in [0.3, 0.4) is 0 Å². The van der Waals surface area contributed by atoms with Crippen LogP contribution < -0.4 is 10.3 Å². The first-order chi connectivity index (χ1) is 15.2. The summed E-state index contributed by atoms with van der Waals surface area (Å²) in [4.78, 5) is 18.4. The van der Waals surface area contributed by atoms with Crippen molar-refractivity contribution in [2.75, 3.05) is 33.4 Å². The van der Waals surface area contributed by atoms with Crippen LogP contribution in [0, 0.1) is 5.92 Å². The van der Waals surface area contributed by atoms with E-state index in [2.05, 4.69) is 44.7 Å². The molecule has 6 rings (SSSR count). The molecule has 164 valence electrons. The molecule has 0 spiro atoms. The van der Waals surface area contributed by atoms with Crippen molar-refractivity contribution in [2.24, 2.45) is 5.92 Å². The van der Waals surface area contributed by atoms with Gasteiger partial charge in [-0.3, -0.25) is 14.6 Å². The summed E-state index contributed by atoms with van der Waals surface area (Å²) in [6, 6.07) is 13.2. The first-order valence-corrected chi connectivity index (χ1v) is 11.6. The summed E-state index contributed by atoms with van der Waals surface area (Å²) in [6.07, 6.45) is 2.69. The highest BCUT2D eigenvalue weighted by molar-refractivity contribution is 5.29. The van der Waals surface area contributed by atoms with E-state index in [-0.39, 0.29) is 5.56 Å². The predicted molar refractivity (Wildman–Crippen MR) is 118 cm³/mol. The number of hydrogen-bond donors (Lipinski definition) is 0. The number of aromatic nitrogens is 1. The van der Waals surface area contributed by atoms with Crippen LogP contribution >= 0.6 is 0 Å². The summed E-state index contributed by atoms with van der Waals surface area (Å²) >= 11 is 0. The molecule has 31 heavy (non-hydrogen) atoms. The lowest BCUT2D eigenvalue weighted by molar-refractivity contribution is 0.0270. The topological polar surface area (TPSA) is 46.9 Å². The number of methoxy groups -OCH3 is 1. The van der Waals surface area contributed by atoms with Gasteiger partial charge in [0.2, 0.25) is 0 Å². The molecule has 3 saturated heterocycles. The molecule has 4 atom stereocenters. The van der Waals surface area contributed by atoms with Crippen molar-refractivity contribution in [3.8, 4) is 5.75 Å². The van der Waals surface area contributed by atoms with Crippen molar-refractivity contribution in [3.05, 3.63) is 63.6 Å². The zero-order chi connectivity index (χ0) is 20.9. The molecule has 0 saturated carbocycles. The highest BCUT2D eigenvalue weighted by Crippen LogP contribution is 2.36. The SMILES string of the molecule is COc1cccc(CN2C[C@@H]3C[C@H](C2)c2ccc(CN4C[C@H]5C[C@@H]4CO5)c(=O)n2C3)c1. The third-order valence-corrected chi connectivity index (χ3v) is 7.69. The van der Waals surface area contributed by atoms with E-state index in [0.29, 0.717) is 24.0 Å². The Morgan fingerprint density at radius 1 is 1.06 bits per heavy atom. The lowest BCUT2D eigenvalue weighted by Crippen LogP contribution is -2.47. The van der Waals surface area contributed by atoms with Gasteiger partial charge >= 0.3 is 0 Å². The number of benzene rings is 1. The number of hydrogen-bond acceptors (Lipinski definition) is 5. The lowest BCUT2D eigenvalue weighted by atomic mass is 9.82. The average Bonchev–Trinajstić information content (AvgIpc) is 3.39. The van der Waals surface area contributed by atoms with Crippen molar-refractivity contribution in [1.82, 2.24) is 14.4 Å². The minimum absolute atomic E-state index is 0.233. The van der Waals surface area contributed by atoms with Crippen LogP contribution in [0.25, 0.3) is 0 Å².